The van der Waals surface area contributed by atoms with Crippen LogP contribution in [-0.2, 0) is 0 Å². The van der Waals surface area contributed by atoms with E-state index in [0.717, 1.165) is 9.39 Å². The van der Waals surface area contributed by atoms with Crippen LogP contribution in [0.5, 0.6) is 0 Å². The summed E-state index contributed by atoms with van der Waals surface area (Å²) in [5.41, 5.74) is 0. The van der Waals surface area contributed by atoms with Crippen molar-refractivity contribution >= 4 is 28.4 Å². The minimum atomic E-state index is 0.434. The molecule has 0 bridgehead atoms. The summed E-state index contributed by atoms with van der Waals surface area (Å²) in [5, 5.41) is 3.35. The fourth-order valence-electron chi connectivity index (χ4n) is 0.801. The predicted octanol–water partition coefficient (Wildman–Crippen LogP) is 2.54. The molecule has 13 heavy (non-hydrogen) atoms. The first-order chi connectivity index (χ1) is 6.11. The van der Waals surface area contributed by atoms with E-state index >= 15 is 0 Å². The van der Waals surface area contributed by atoms with Gasteiger partial charge in [-0.25, -0.2) is 9.97 Å². The molecule has 0 aliphatic carbocycles. The van der Waals surface area contributed by atoms with Crippen molar-refractivity contribution in [2.45, 2.75) is 26.8 Å². The zero-order valence-electron chi connectivity index (χ0n) is 8.08. The number of anilines is 1. The average molecular weight is 291 g/mol. The summed E-state index contributed by atoms with van der Waals surface area (Å²) in [6.45, 7) is 6.53. The maximum Gasteiger partial charge on any atom is 0.143 e. The first kappa shape index (κ1) is 10.7. The number of rotatable bonds is 3. The maximum atomic E-state index is 4.17. The quantitative estimate of drug-likeness (QED) is 0.870. The van der Waals surface area contributed by atoms with E-state index in [1.807, 2.05) is 6.20 Å². The number of hydrogen-bond donors (Lipinski definition) is 1. The Morgan fingerprint density at radius 2 is 2.08 bits per heavy atom. The number of nitrogens with one attached hydrogen (secondary N) is 1. The normalized spacial score (nSPS) is 13.0. The SMILES string of the molecule is CC(C)C(C)Nc1ncncc1I. The molecule has 1 N–H and O–H groups in total. The molecular formula is C9H14IN3. The molecule has 0 spiro atoms. The van der Waals surface area contributed by atoms with Crippen molar-refractivity contribution in [2.75, 3.05) is 5.32 Å². The van der Waals surface area contributed by atoms with E-state index in [0.29, 0.717) is 12.0 Å². The summed E-state index contributed by atoms with van der Waals surface area (Å²) >= 11 is 2.23. The van der Waals surface area contributed by atoms with Crippen molar-refractivity contribution in [1.29, 1.82) is 0 Å². The fourth-order valence-corrected chi connectivity index (χ4v) is 1.26. The van der Waals surface area contributed by atoms with Crippen LogP contribution in [0.3, 0.4) is 0 Å². The molecule has 72 valence electrons. The number of hydrogen-bond acceptors (Lipinski definition) is 3. The summed E-state index contributed by atoms with van der Waals surface area (Å²) in [7, 11) is 0. The fraction of sp³-hybridized carbons (Fsp3) is 0.556. The van der Waals surface area contributed by atoms with Crippen molar-refractivity contribution < 1.29 is 0 Å². The lowest BCUT2D eigenvalue weighted by Crippen LogP contribution is -2.22. The number of nitrogens with zero attached hydrogens (tertiary/aromatic N) is 2. The molecule has 1 heterocycles. The Bertz CT molecular complexity index is 275. The average Bonchev–Trinajstić information content (AvgIpc) is 2.08. The van der Waals surface area contributed by atoms with Crippen LogP contribution < -0.4 is 5.32 Å². The zero-order valence-corrected chi connectivity index (χ0v) is 10.2. The van der Waals surface area contributed by atoms with Crippen LogP contribution in [0.15, 0.2) is 12.5 Å². The van der Waals surface area contributed by atoms with Crippen LogP contribution in [0.4, 0.5) is 5.82 Å². The third-order valence-corrected chi connectivity index (χ3v) is 2.82. The molecule has 3 nitrogen and oxygen atoms in total. The van der Waals surface area contributed by atoms with E-state index in [1.165, 1.54) is 0 Å². The van der Waals surface area contributed by atoms with Crippen molar-refractivity contribution in [3.8, 4) is 0 Å². The van der Waals surface area contributed by atoms with Gasteiger partial charge in [-0.05, 0) is 35.4 Å². The molecule has 0 aromatic carbocycles. The topological polar surface area (TPSA) is 37.8 Å². The number of halogens is 1. The van der Waals surface area contributed by atoms with Gasteiger partial charge in [0.25, 0.3) is 0 Å². The molecule has 0 saturated heterocycles. The number of aromatic nitrogens is 2. The van der Waals surface area contributed by atoms with Crippen molar-refractivity contribution in [2.24, 2.45) is 5.92 Å². The first-order valence-corrected chi connectivity index (χ1v) is 5.41. The van der Waals surface area contributed by atoms with Crippen molar-refractivity contribution in [3.63, 3.8) is 0 Å². The van der Waals surface area contributed by atoms with Gasteiger partial charge in [0.1, 0.15) is 12.1 Å². The second-order valence-electron chi connectivity index (χ2n) is 3.40. The van der Waals surface area contributed by atoms with Gasteiger partial charge in [0.15, 0.2) is 0 Å². The molecule has 1 aromatic rings. The van der Waals surface area contributed by atoms with Gasteiger partial charge in [-0.3, -0.25) is 0 Å². The summed E-state index contributed by atoms with van der Waals surface area (Å²) in [6, 6.07) is 0.434. The molecule has 1 aromatic heterocycles. The maximum absolute atomic E-state index is 4.17. The third kappa shape index (κ3) is 3.10. The Kier molecular flexibility index (Phi) is 3.90. The van der Waals surface area contributed by atoms with Crippen LogP contribution in [0.25, 0.3) is 0 Å². The summed E-state index contributed by atoms with van der Waals surface area (Å²) < 4.78 is 1.06. The predicted molar refractivity (Wildman–Crippen MR) is 62.7 cm³/mol. The molecule has 0 amide bonds. The lowest BCUT2D eigenvalue weighted by atomic mass is 10.1. The molecule has 0 saturated carbocycles. The van der Waals surface area contributed by atoms with Gasteiger partial charge in [-0.15, -0.1) is 0 Å². The molecule has 0 aliphatic rings. The van der Waals surface area contributed by atoms with E-state index in [2.05, 4.69) is 58.6 Å². The Labute approximate surface area is 92.5 Å². The second kappa shape index (κ2) is 4.74. The van der Waals surface area contributed by atoms with Crippen LogP contribution in [-0.4, -0.2) is 16.0 Å². The third-order valence-electron chi connectivity index (χ3n) is 2.03. The zero-order chi connectivity index (χ0) is 9.84. The minimum absolute atomic E-state index is 0.434. The smallest absolute Gasteiger partial charge is 0.143 e. The standard InChI is InChI=1S/C9H14IN3/c1-6(2)7(3)13-9-8(10)4-11-5-12-9/h4-7H,1-3H3,(H,11,12,13). The summed E-state index contributed by atoms with van der Waals surface area (Å²) in [5.74, 6) is 1.53. The van der Waals surface area contributed by atoms with Gasteiger partial charge in [0.2, 0.25) is 0 Å². The van der Waals surface area contributed by atoms with Crippen LogP contribution in [0, 0.1) is 9.49 Å². The van der Waals surface area contributed by atoms with E-state index in [4.69, 9.17) is 0 Å². The van der Waals surface area contributed by atoms with Crippen molar-refractivity contribution in [1.82, 2.24) is 9.97 Å². The van der Waals surface area contributed by atoms with E-state index in [9.17, 15) is 0 Å². The lowest BCUT2D eigenvalue weighted by Gasteiger charge is -2.18. The second-order valence-corrected chi connectivity index (χ2v) is 4.56. The van der Waals surface area contributed by atoms with Gasteiger partial charge in [0, 0.05) is 12.2 Å². The van der Waals surface area contributed by atoms with Gasteiger partial charge < -0.3 is 5.32 Å². The molecule has 4 heteroatoms. The minimum Gasteiger partial charge on any atom is -0.366 e. The Morgan fingerprint density at radius 1 is 1.38 bits per heavy atom. The van der Waals surface area contributed by atoms with Gasteiger partial charge >= 0.3 is 0 Å². The molecule has 1 unspecified atom stereocenters. The lowest BCUT2D eigenvalue weighted by molar-refractivity contribution is 0.558. The first-order valence-electron chi connectivity index (χ1n) is 4.33. The highest BCUT2D eigenvalue weighted by atomic mass is 127. The molecule has 0 aliphatic heterocycles. The summed E-state index contributed by atoms with van der Waals surface area (Å²) in [6.07, 6.45) is 3.38. The summed E-state index contributed by atoms with van der Waals surface area (Å²) in [4.78, 5) is 8.11. The molecule has 0 radical (unpaired) electrons. The van der Waals surface area contributed by atoms with E-state index in [-0.39, 0.29) is 0 Å². The Morgan fingerprint density at radius 3 is 2.62 bits per heavy atom. The van der Waals surface area contributed by atoms with Gasteiger partial charge in [-0.2, -0.15) is 0 Å². The van der Waals surface area contributed by atoms with E-state index in [1.54, 1.807) is 6.33 Å². The van der Waals surface area contributed by atoms with Gasteiger partial charge in [-0.1, -0.05) is 13.8 Å². The molecule has 1 atom stereocenters. The molecule has 0 fully saturated rings. The van der Waals surface area contributed by atoms with Gasteiger partial charge in [0.05, 0.1) is 3.57 Å². The largest absolute Gasteiger partial charge is 0.366 e. The van der Waals surface area contributed by atoms with Crippen LogP contribution in [0.2, 0.25) is 0 Å². The van der Waals surface area contributed by atoms with E-state index < -0.39 is 0 Å². The highest BCUT2D eigenvalue weighted by Crippen LogP contribution is 2.15. The van der Waals surface area contributed by atoms with Crippen LogP contribution in [0.1, 0.15) is 20.8 Å². The molecule has 1 rings (SSSR count). The Hall–Kier alpha value is -0.390. The Balaban J connectivity index is 2.69. The highest BCUT2D eigenvalue weighted by molar-refractivity contribution is 14.1. The monoisotopic (exact) mass is 291 g/mol. The highest BCUT2D eigenvalue weighted by Gasteiger charge is 2.08. The van der Waals surface area contributed by atoms with Crippen molar-refractivity contribution in [3.05, 3.63) is 16.1 Å². The van der Waals surface area contributed by atoms with Crippen LogP contribution >= 0.6 is 22.6 Å². The molecular weight excluding hydrogens is 277 g/mol.